The number of hydrogen-bond acceptors (Lipinski definition) is 4. The van der Waals surface area contributed by atoms with Crippen molar-refractivity contribution in [1.82, 2.24) is 10.2 Å². The molecule has 0 radical (unpaired) electrons. The highest BCUT2D eigenvalue weighted by Crippen LogP contribution is 2.46. The number of hydrogen-bond donors (Lipinski definition) is 2. The lowest BCUT2D eigenvalue weighted by molar-refractivity contribution is -0.155. The zero-order chi connectivity index (χ0) is 22.1. The van der Waals surface area contributed by atoms with Crippen molar-refractivity contribution in [3.8, 4) is 0 Å². The van der Waals surface area contributed by atoms with Gasteiger partial charge in [0.1, 0.15) is 6.04 Å². The maximum absolute atomic E-state index is 13.4. The highest BCUT2D eigenvalue weighted by Gasteiger charge is 2.50. The number of rotatable bonds is 5. The molecule has 0 spiro atoms. The smallest absolute Gasteiger partial charge is 0.262 e. The summed E-state index contributed by atoms with van der Waals surface area (Å²) in [6.07, 6.45) is 0.457. The van der Waals surface area contributed by atoms with E-state index in [2.05, 4.69) is 5.32 Å². The van der Waals surface area contributed by atoms with Crippen LogP contribution < -0.4 is 5.32 Å². The lowest BCUT2D eigenvalue weighted by atomic mass is 9.66. The van der Waals surface area contributed by atoms with Crippen molar-refractivity contribution < 1.29 is 14.7 Å². The maximum atomic E-state index is 13.4. The first-order chi connectivity index (χ1) is 14.0. The molecule has 2 N–H and O–H groups in total. The van der Waals surface area contributed by atoms with Gasteiger partial charge in [0.25, 0.3) is 5.91 Å². The van der Waals surface area contributed by atoms with Gasteiger partial charge < -0.3 is 15.3 Å². The highest BCUT2D eigenvalue weighted by molar-refractivity contribution is 7.12. The van der Waals surface area contributed by atoms with E-state index in [0.29, 0.717) is 24.4 Å². The maximum Gasteiger partial charge on any atom is 0.262 e. The summed E-state index contributed by atoms with van der Waals surface area (Å²) in [4.78, 5) is 28.3. The molecule has 3 rings (SSSR count). The third-order valence-electron chi connectivity index (χ3n) is 6.25. The van der Waals surface area contributed by atoms with Crippen molar-refractivity contribution in [1.29, 1.82) is 0 Å². The van der Waals surface area contributed by atoms with Gasteiger partial charge in [0.05, 0.1) is 10.5 Å². The number of benzene rings is 1. The minimum atomic E-state index is -1.01. The average Bonchev–Trinajstić information content (AvgIpc) is 3.22. The van der Waals surface area contributed by atoms with E-state index in [1.54, 1.807) is 11.0 Å². The van der Waals surface area contributed by atoms with Crippen LogP contribution >= 0.6 is 11.3 Å². The van der Waals surface area contributed by atoms with Crippen LogP contribution in [-0.2, 0) is 10.4 Å². The van der Waals surface area contributed by atoms with Gasteiger partial charge in [-0.2, -0.15) is 0 Å². The van der Waals surface area contributed by atoms with E-state index in [0.717, 1.165) is 11.1 Å². The third kappa shape index (κ3) is 4.30. The number of amides is 2. The number of carbonyl (C=O) groups excluding carboxylic acids is 2. The summed E-state index contributed by atoms with van der Waals surface area (Å²) in [6.45, 7) is 10.8. The van der Waals surface area contributed by atoms with E-state index >= 15 is 0 Å². The van der Waals surface area contributed by atoms with Crippen LogP contribution in [-0.4, -0.2) is 41.0 Å². The molecule has 30 heavy (non-hydrogen) atoms. The number of aliphatic hydroxyl groups is 1. The summed E-state index contributed by atoms with van der Waals surface area (Å²) < 4.78 is 0. The fourth-order valence-electron chi connectivity index (χ4n) is 4.20. The lowest BCUT2D eigenvalue weighted by Gasteiger charge is -2.51. The molecule has 0 bridgehead atoms. The predicted octanol–water partition coefficient (Wildman–Crippen LogP) is 3.96. The Morgan fingerprint density at radius 1 is 1.17 bits per heavy atom. The van der Waals surface area contributed by atoms with Crippen LogP contribution in [0.4, 0.5) is 0 Å². The highest BCUT2D eigenvalue weighted by atomic mass is 32.1. The Morgan fingerprint density at radius 3 is 2.37 bits per heavy atom. The molecule has 0 aliphatic carbocycles. The van der Waals surface area contributed by atoms with Gasteiger partial charge in [-0.3, -0.25) is 9.59 Å². The second kappa shape index (κ2) is 8.52. The molecule has 2 atom stereocenters. The molecule has 1 saturated heterocycles. The van der Waals surface area contributed by atoms with E-state index in [9.17, 15) is 14.7 Å². The van der Waals surface area contributed by atoms with Crippen LogP contribution in [0.25, 0.3) is 0 Å². The van der Waals surface area contributed by atoms with E-state index in [1.165, 1.54) is 11.3 Å². The van der Waals surface area contributed by atoms with Crippen molar-refractivity contribution >= 4 is 23.2 Å². The van der Waals surface area contributed by atoms with Crippen LogP contribution in [0.3, 0.4) is 0 Å². The summed E-state index contributed by atoms with van der Waals surface area (Å²) >= 11 is 1.36. The number of thiophene rings is 1. The Kier molecular flexibility index (Phi) is 6.39. The first kappa shape index (κ1) is 22.5. The number of nitrogens with zero attached hydrogens (tertiary/aromatic N) is 1. The number of carbonyl (C=O) groups is 2. The summed E-state index contributed by atoms with van der Waals surface area (Å²) in [6, 6.07) is 11.0. The SMILES string of the molecule is Cc1ccc([C@@]2(O)CCN(C(=O)[C@H](NC(=O)c3cccs3)C(C)C)CC2(C)C)cc1. The largest absolute Gasteiger partial charge is 0.384 e. The van der Waals surface area contributed by atoms with E-state index in [4.69, 9.17) is 0 Å². The molecule has 1 aromatic heterocycles. The Labute approximate surface area is 183 Å². The van der Waals surface area contributed by atoms with Gasteiger partial charge in [0.2, 0.25) is 5.91 Å². The van der Waals surface area contributed by atoms with Crippen LogP contribution in [0.1, 0.15) is 54.9 Å². The molecule has 1 fully saturated rings. The van der Waals surface area contributed by atoms with Crippen molar-refractivity contribution in [3.05, 3.63) is 57.8 Å². The molecule has 1 aliphatic rings. The zero-order valence-corrected chi connectivity index (χ0v) is 19.3. The normalized spacial score (nSPS) is 22.0. The molecule has 162 valence electrons. The summed E-state index contributed by atoms with van der Waals surface area (Å²) in [7, 11) is 0. The van der Waals surface area contributed by atoms with Crippen LogP contribution in [0.5, 0.6) is 0 Å². The predicted molar refractivity (Wildman–Crippen MR) is 120 cm³/mol. The summed E-state index contributed by atoms with van der Waals surface area (Å²) in [5.41, 5.74) is 0.492. The van der Waals surface area contributed by atoms with E-state index in [1.807, 2.05) is 70.3 Å². The lowest BCUT2D eigenvalue weighted by Crippen LogP contribution is -2.60. The van der Waals surface area contributed by atoms with Gasteiger partial charge in [-0.15, -0.1) is 11.3 Å². The summed E-state index contributed by atoms with van der Waals surface area (Å²) in [5.74, 6) is -0.346. The first-order valence-corrected chi connectivity index (χ1v) is 11.4. The fourth-order valence-corrected chi connectivity index (χ4v) is 4.83. The number of aryl methyl sites for hydroxylation is 1. The average molecular weight is 429 g/mol. The standard InChI is InChI=1S/C24H32N2O3S/c1-16(2)20(25-21(27)19-7-6-14-30-19)22(28)26-13-12-24(29,23(4,5)15-26)18-10-8-17(3)9-11-18/h6-11,14,16,20,29H,12-13,15H2,1-5H3,(H,25,27)/t20-,24+/m1/s1. The van der Waals surface area contributed by atoms with Crippen molar-refractivity contribution in [2.45, 2.75) is 52.7 Å². The van der Waals surface area contributed by atoms with Gasteiger partial charge in [0.15, 0.2) is 0 Å². The van der Waals surface area contributed by atoms with E-state index in [-0.39, 0.29) is 17.7 Å². The van der Waals surface area contributed by atoms with Crippen LogP contribution in [0, 0.1) is 18.3 Å². The molecular formula is C24H32N2O3S. The van der Waals surface area contributed by atoms with Gasteiger partial charge in [0, 0.05) is 18.5 Å². The Hall–Kier alpha value is -2.18. The molecule has 1 aliphatic heterocycles. The quantitative estimate of drug-likeness (QED) is 0.757. The number of likely N-dealkylation sites (tertiary alicyclic amines) is 1. The molecule has 1 aromatic carbocycles. The second-order valence-electron chi connectivity index (χ2n) is 9.29. The monoisotopic (exact) mass is 428 g/mol. The molecular weight excluding hydrogens is 396 g/mol. The van der Waals surface area contributed by atoms with Crippen LogP contribution in [0.15, 0.2) is 41.8 Å². The number of nitrogens with one attached hydrogen (secondary N) is 1. The van der Waals surface area contributed by atoms with Gasteiger partial charge in [-0.25, -0.2) is 0 Å². The minimum absolute atomic E-state index is 0.0394. The minimum Gasteiger partial charge on any atom is -0.384 e. The molecule has 6 heteroatoms. The van der Waals surface area contributed by atoms with Crippen molar-refractivity contribution in [2.24, 2.45) is 11.3 Å². The fraction of sp³-hybridized carbons (Fsp3) is 0.500. The first-order valence-electron chi connectivity index (χ1n) is 10.5. The van der Waals surface area contributed by atoms with Gasteiger partial charge in [-0.1, -0.05) is 63.6 Å². The van der Waals surface area contributed by atoms with Crippen molar-refractivity contribution in [2.75, 3.05) is 13.1 Å². The summed E-state index contributed by atoms with van der Waals surface area (Å²) in [5, 5.41) is 16.3. The topological polar surface area (TPSA) is 69.6 Å². The van der Waals surface area contributed by atoms with E-state index < -0.39 is 17.1 Å². The Morgan fingerprint density at radius 2 is 1.83 bits per heavy atom. The second-order valence-corrected chi connectivity index (χ2v) is 10.2. The van der Waals surface area contributed by atoms with Gasteiger partial charge in [-0.05, 0) is 36.3 Å². The molecule has 2 amide bonds. The zero-order valence-electron chi connectivity index (χ0n) is 18.4. The van der Waals surface area contributed by atoms with Gasteiger partial charge >= 0.3 is 0 Å². The molecule has 5 nitrogen and oxygen atoms in total. The molecule has 2 aromatic rings. The Bertz CT molecular complexity index is 890. The molecule has 0 saturated carbocycles. The third-order valence-corrected chi connectivity index (χ3v) is 7.12. The molecule has 0 unspecified atom stereocenters. The van der Waals surface area contributed by atoms with Crippen molar-refractivity contribution in [3.63, 3.8) is 0 Å². The molecule has 2 heterocycles. The number of piperidine rings is 1. The Balaban J connectivity index is 1.77. The van der Waals surface area contributed by atoms with Crippen LogP contribution in [0.2, 0.25) is 0 Å².